The fraction of sp³-hybridized carbons (Fsp3) is 0.550. The van der Waals surface area contributed by atoms with Crippen molar-refractivity contribution in [1.29, 1.82) is 0 Å². The van der Waals surface area contributed by atoms with Crippen LogP contribution in [0.4, 0.5) is 11.4 Å². The molecule has 2 saturated heterocycles. The third-order valence-electron chi connectivity index (χ3n) is 5.30. The van der Waals surface area contributed by atoms with Gasteiger partial charge in [0.25, 0.3) is 0 Å². The monoisotopic (exact) mass is 372 g/mol. The molecule has 2 aliphatic rings. The molecule has 1 atom stereocenters. The van der Waals surface area contributed by atoms with Crippen molar-refractivity contribution in [3.63, 3.8) is 0 Å². The van der Waals surface area contributed by atoms with Gasteiger partial charge in [-0.25, -0.2) is 0 Å². The summed E-state index contributed by atoms with van der Waals surface area (Å²) in [5.74, 6) is -0.469. The quantitative estimate of drug-likeness (QED) is 0.826. The van der Waals surface area contributed by atoms with Gasteiger partial charge in [0.05, 0.1) is 12.5 Å². The van der Waals surface area contributed by atoms with Gasteiger partial charge in [-0.3, -0.25) is 19.3 Å². The minimum atomic E-state index is -0.313. The van der Waals surface area contributed by atoms with Crippen molar-refractivity contribution in [2.45, 2.75) is 32.6 Å². The summed E-state index contributed by atoms with van der Waals surface area (Å²) in [4.78, 5) is 40.0. The number of aryl methyl sites for hydroxylation is 1. The fourth-order valence-corrected chi connectivity index (χ4v) is 3.68. The lowest BCUT2D eigenvalue weighted by Gasteiger charge is -2.25. The first-order valence-electron chi connectivity index (χ1n) is 9.60. The second-order valence-corrected chi connectivity index (χ2v) is 7.58. The molecule has 1 aromatic carbocycles. The van der Waals surface area contributed by atoms with Crippen molar-refractivity contribution in [3.05, 3.63) is 23.8 Å². The zero-order chi connectivity index (χ0) is 19.4. The smallest absolute Gasteiger partial charge is 0.238 e. The molecule has 1 unspecified atom stereocenters. The van der Waals surface area contributed by atoms with E-state index in [0.717, 1.165) is 37.2 Å². The summed E-state index contributed by atoms with van der Waals surface area (Å²) in [5, 5.41) is 5.83. The third-order valence-corrected chi connectivity index (χ3v) is 5.30. The van der Waals surface area contributed by atoms with Crippen LogP contribution in [0.3, 0.4) is 0 Å². The number of piperidine rings is 1. The molecule has 7 nitrogen and oxygen atoms in total. The van der Waals surface area contributed by atoms with Gasteiger partial charge in [-0.2, -0.15) is 0 Å². The summed E-state index contributed by atoms with van der Waals surface area (Å²) in [5.41, 5.74) is 2.32. The molecule has 2 heterocycles. The fourth-order valence-electron chi connectivity index (χ4n) is 3.68. The van der Waals surface area contributed by atoms with E-state index >= 15 is 0 Å². The molecule has 2 aliphatic heterocycles. The van der Waals surface area contributed by atoms with Gasteiger partial charge in [0.2, 0.25) is 17.7 Å². The number of nitrogens with zero attached hydrogens (tertiary/aromatic N) is 2. The second-order valence-electron chi connectivity index (χ2n) is 7.58. The van der Waals surface area contributed by atoms with Crippen LogP contribution in [0.15, 0.2) is 18.2 Å². The van der Waals surface area contributed by atoms with Gasteiger partial charge in [-0.15, -0.1) is 0 Å². The maximum Gasteiger partial charge on any atom is 0.238 e. The van der Waals surface area contributed by atoms with Gasteiger partial charge in [-0.1, -0.05) is 6.42 Å². The Morgan fingerprint density at radius 1 is 1.15 bits per heavy atom. The zero-order valence-corrected chi connectivity index (χ0v) is 16.1. The van der Waals surface area contributed by atoms with Gasteiger partial charge in [-0.05, 0) is 56.6 Å². The predicted molar refractivity (Wildman–Crippen MR) is 104 cm³/mol. The molecule has 7 heteroatoms. The summed E-state index contributed by atoms with van der Waals surface area (Å²) in [6, 6.07) is 5.43. The van der Waals surface area contributed by atoms with Gasteiger partial charge in [0.15, 0.2) is 0 Å². The molecular weight excluding hydrogens is 344 g/mol. The van der Waals surface area contributed by atoms with Crippen molar-refractivity contribution < 1.29 is 14.4 Å². The highest BCUT2D eigenvalue weighted by Gasteiger charge is 2.32. The lowest BCUT2D eigenvalue weighted by Crippen LogP contribution is -2.36. The number of anilines is 2. The summed E-state index contributed by atoms with van der Waals surface area (Å²) >= 11 is 0. The first-order chi connectivity index (χ1) is 12.9. The lowest BCUT2D eigenvalue weighted by atomic mass is 10.1. The molecule has 2 N–H and O–H groups in total. The molecule has 0 saturated carbocycles. The second kappa shape index (κ2) is 8.52. The van der Waals surface area contributed by atoms with E-state index in [2.05, 4.69) is 15.5 Å². The zero-order valence-electron chi connectivity index (χ0n) is 16.1. The van der Waals surface area contributed by atoms with Gasteiger partial charge < -0.3 is 15.5 Å². The highest BCUT2D eigenvalue weighted by Crippen LogP contribution is 2.22. The SMILES string of the molecule is Cc1cc(NC(=O)C2CC(=O)N(C)C2)ccc1NC(=O)CN1CCCCC1. The lowest BCUT2D eigenvalue weighted by molar-refractivity contribution is -0.127. The van der Waals surface area contributed by atoms with Crippen LogP contribution in [0.1, 0.15) is 31.2 Å². The molecule has 1 aromatic rings. The molecule has 0 spiro atoms. The van der Waals surface area contributed by atoms with E-state index in [1.807, 2.05) is 19.1 Å². The highest BCUT2D eigenvalue weighted by molar-refractivity contribution is 5.98. The van der Waals surface area contributed by atoms with Crippen LogP contribution in [0.2, 0.25) is 0 Å². The average Bonchev–Trinajstić information content (AvgIpc) is 2.97. The minimum absolute atomic E-state index is 0.00176. The average molecular weight is 372 g/mol. The predicted octanol–water partition coefficient (Wildman–Crippen LogP) is 1.84. The summed E-state index contributed by atoms with van der Waals surface area (Å²) in [7, 11) is 1.71. The van der Waals surface area contributed by atoms with Crippen molar-refractivity contribution in [2.24, 2.45) is 5.92 Å². The summed E-state index contributed by atoms with van der Waals surface area (Å²) in [6.07, 6.45) is 3.81. The van der Waals surface area contributed by atoms with Crippen LogP contribution in [-0.2, 0) is 14.4 Å². The molecule has 27 heavy (non-hydrogen) atoms. The third kappa shape index (κ3) is 5.07. The van der Waals surface area contributed by atoms with Crippen molar-refractivity contribution in [1.82, 2.24) is 9.80 Å². The Labute approximate surface area is 160 Å². The number of likely N-dealkylation sites (tertiary alicyclic amines) is 2. The number of benzene rings is 1. The Hall–Kier alpha value is -2.41. The van der Waals surface area contributed by atoms with Crippen LogP contribution < -0.4 is 10.6 Å². The van der Waals surface area contributed by atoms with Gasteiger partial charge in [0, 0.05) is 31.4 Å². The number of hydrogen-bond donors (Lipinski definition) is 2. The number of amides is 3. The normalized spacial score (nSPS) is 20.6. The molecular formula is C20H28N4O3. The van der Waals surface area contributed by atoms with Crippen molar-refractivity contribution >= 4 is 29.1 Å². The molecule has 2 fully saturated rings. The van der Waals surface area contributed by atoms with Crippen LogP contribution in [0, 0.1) is 12.8 Å². The van der Waals surface area contributed by atoms with Crippen molar-refractivity contribution in [3.8, 4) is 0 Å². The van der Waals surface area contributed by atoms with Crippen LogP contribution in [0.25, 0.3) is 0 Å². The molecule has 0 aliphatic carbocycles. The topological polar surface area (TPSA) is 81.8 Å². The Balaban J connectivity index is 1.54. The number of rotatable bonds is 5. The van der Waals surface area contributed by atoms with Gasteiger partial charge in [0.1, 0.15) is 0 Å². The van der Waals surface area contributed by atoms with Crippen molar-refractivity contribution in [2.75, 3.05) is 43.9 Å². The molecule has 146 valence electrons. The van der Waals surface area contributed by atoms with E-state index in [0.29, 0.717) is 18.8 Å². The summed E-state index contributed by atoms with van der Waals surface area (Å²) in [6.45, 7) is 4.74. The Morgan fingerprint density at radius 2 is 1.89 bits per heavy atom. The number of nitrogens with one attached hydrogen (secondary N) is 2. The molecule has 0 aromatic heterocycles. The minimum Gasteiger partial charge on any atom is -0.345 e. The molecule has 3 rings (SSSR count). The molecule has 0 radical (unpaired) electrons. The van der Waals surface area contributed by atoms with E-state index in [9.17, 15) is 14.4 Å². The first-order valence-corrected chi connectivity index (χ1v) is 9.60. The molecule has 3 amide bonds. The number of carbonyl (C=O) groups is 3. The molecule has 0 bridgehead atoms. The maximum atomic E-state index is 12.3. The Morgan fingerprint density at radius 3 is 2.52 bits per heavy atom. The van der Waals surface area contributed by atoms with Crippen LogP contribution in [-0.4, -0.2) is 60.7 Å². The highest BCUT2D eigenvalue weighted by atomic mass is 16.2. The number of hydrogen-bond acceptors (Lipinski definition) is 4. The Kier molecular flexibility index (Phi) is 6.11. The van der Waals surface area contributed by atoms with Crippen LogP contribution >= 0.6 is 0 Å². The standard InChI is InChI=1S/C20H28N4O3/c1-14-10-16(21-20(27)15-11-19(26)23(2)12-15)6-7-17(14)22-18(25)13-24-8-4-3-5-9-24/h6-7,10,15H,3-5,8-9,11-13H2,1-2H3,(H,21,27)(H,22,25). The Bertz CT molecular complexity index is 728. The van der Waals surface area contributed by atoms with Crippen LogP contribution in [0.5, 0.6) is 0 Å². The van der Waals surface area contributed by atoms with E-state index in [1.165, 1.54) is 6.42 Å². The van der Waals surface area contributed by atoms with E-state index in [4.69, 9.17) is 0 Å². The largest absolute Gasteiger partial charge is 0.345 e. The van der Waals surface area contributed by atoms with E-state index < -0.39 is 0 Å². The maximum absolute atomic E-state index is 12.3. The van der Waals surface area contributed by atoms with E-state index in [1.54, 1.807) is 18.0 Å². The summed E-state index contributed by atoms with van der Waals surface area (Å²) < 4.78 is 0. The van der Waals surface area contributed by atoms with Gasteiger partial charge >= 0.3 is 0 Å². The van der Waals surface area contributed by atoms with E-state index in [-0.39, 0.29) is 30.1 Å². The first kappa shape index (κ1) is 19.4. The number of carbonyl (C=O) groups excluding carboxylic acids is 3.